The van der Waals surface area contributed by atoms with Gasteiger partial charge in [0, 0.05) is 10.6 Å². The second-order valence-corrected chi connectivity index (χ2v) is 7.73. The number of fused-ring (bicyclic) bond motifs is 1. The van der Waals surface area contributed by atoms with E-state index in [4.69, 9.17) is 0 Å². The Morgan fingerprint density at radius 3 is 2.73 bits per heavy atom. The lowest BCUT2D eigenvalue weighted by atomic mass is 10.1. The van der Waals surface area contributed by atoms with Gasteiger partial charge in [-0.15, -0.1) is 11.8 Å². The summed E-state index contributed by atoms with van der Waals surface area (Å²) in [5.74, 6) is 0.937. The second-order valence-electron chi connectivity index (χ2n) is 6.67. The van der Waals surface area contributed by atoms with Gasteiger partial charge in [0.05, 0.1) is 24.8 Å². The summed E-state index contributed by atoms with van der Waals surface area (Å²) in [7, 11) is 0. The van der Waals surface area contributed by atoms with Crippen molar-refractivity contribution in [1.82, 2.24) is 5.32 Å². The number of rotatable bonds is 3. The van der Waals surface area contributed by atoms with Crippen LogP contribution in [0.3, 0.4) is 0 Å². The van der Waals surface area contributed by atoms with Crippen molar-refractivity contribution in [2.45, 2.75) is 10.9 Å². The minimum atomic E-state index is 0.0154. The first-order valence-corrected chi connectivity index (χ1v) is 9.90. The number of quaternary nitrogens is 1. The zero-order chi connectivity index (χ0) is 17.9. The molecule has 0 saturated carbocycles. The number of nitrogens with zero attached hydrogens (tertiary/aromatic N) is 1. The SMILES string of the molecule is O=C1C[NH+](CC(=O)N2c3ccccc3SC[C@H]2c2ccccc2)CCN1. The van der Waals surface area contributed by atoms with Crippen LogP contribution in [0.2, 0.25) is 0 Å². The Morgan fingerprint density at radius 2 is 1.92 bits per heavy atom. The maximum absolute atomic E-state index is 13.3. The average molecular weight is 368 g/mol. The minimum Gasteiger partial charge on any atom is -0.346 e. The van der Waals surface area contributed by atoms with Crippen molar-refractivity contribution in [2.75, 3.05) is 36.8 Å². The zero-order valence-electron chi connectivity index (χ0n) is 14.5. The number of carbonyl (C=O) groups excluding carboxylic acids is 2. The van der Waals surface area contributed by atoms with Crippen LogP contribution in [0.5, 0.6) is 0 Å². The van der Waals surface area contributed by atoms with Crippen LogP contribution in [0.15, 0.2) is 59.5 Å². The first-order valence-electron chi connectivity index (χ1n) is 8.91. The monoisotopic (exact) mass is 368 g/mol. The molecule has 1 unspecified atom stereocenters. The molecule has 0 spiro atoms. The van der Waals surface area contributed by atoms with Gasteiger partial charge >= 0.3 is 0 Å². The lowest BCUT2D eigenvalue weighted by molar-refractivity contribution is -0.885. The molecule has 1 saturated heterocycles. The van der Waals surface area contributed by atoms with Crippen molar-refractivity contribution < 1.29 is 14.5 Å². The highest BCUT2D eigenvalue weighted by molar-refractivity contribution is 7.99. The summed E-state index contributed by atoms with van der Waals surface area (Å²) in [6, 6.07) is 18.3. The van der Waals surface area contributed by atoms with Gasteiger partial charge in [0.25, 0.3) is 11.8 Å². The fraction of sp³-hybridized carbons (Fsp3) is 0.300. The lowest BCUT2D eigenvalue weighted by Crippen LogP contribution is -3.16. The van der Waals surface area contributed by atoms with Crippen molar-refractivity contribution in [3.8, 4) is 0 Å². The second kappa shape index (κ2) is 7.51. The molecular weight excluding hydrogens is 346 g/mol. The van der Waals surface area contributed by atoms with E-state index in [0.29, 0.717) is 19.6 Å². The number of piperazine rings is 1. The fourth-order valence-electron chi connectivity index (χ4n) is 3.62. The molecule has 6 heteroatoms. The molecule has 4 rings (SSSR count). The van der Waals surface area contributed by atoms with E-state index in [2.05, 4.69) is 23.5 Å². The van der Waals surface area contributed by atoms with Crippen LogP contribution in [0, 0.1) is 0 Å². The molecule has 2 amide bonds. The number of hydrogen-bond acceptors (Lipinski definition) is 3. The van der Waals surface area contributed by atoms with E-state index in [1.54, 1.807) is 11.8 Å². The summed E-state index contributed by atoms with van der Waals surface area (Å²) in [6.45, 7) is 2.13. The van der Waals surface area contributed by atoms with Crippen molar-refractivity contribution >= 4 is 29.3 Å². The molecule has 0 radical (unpaired) electrons. The number of nitrogens with one attached hydrogen (secondary N) is 2. The summed E-state index contributed by atoms with van der Waals surface area (Å²) in [5, 5.41) is 2.83. The number of benzene rings is 2. The number of para-hydroxylation sites is 1. The maximum atomic E-state index is 13.3. The van der Waals surface area contributed by atoms with Crippen LogP contribution in [0.4, 0.5) is 5.69 Å². The van der Waals surface area contributed by atoms with Gasteiger partial charge in [0.15, 0.2) is 13.1 Å². The van der Waals surface area contributed by atoms with Crippen LogP contribution in [-0.4, -0.2) is 43.7 Å². The molecule has 2 N–H and O–H groups in total. The lowest BCUT2D eigenvalue weighted by Gasteiger charge is -2.37. The van der Waals surface area contributed by atoms with E-state index in [9.17, 15) is 9.59 Å². The summed E-state index contributed by atoms with van der Waals surface area (Å²) in [4.78, 5) is 29.1. The molecule has 2 atom stereocenters. The van der Waals surface area contributed by atoms with Crippen LogP contribution in [0.25, 0.3) is 0 Å². The summed E-state index contributed by atoms with van der Waals surface area (Å²) < 4.78 is 0. The Balaban J connectivity index is 1.64. The molecule has 0 aliphatic carbocycles. The molecule has 1 fully saturated rings. The third-order valence-corrected chi connectivity index (χ3v) is 6.04. The van der Waals surface area contributed by atoms with Crippen LogP contribution in [-0.2, 0) is 9.59 Å². The van der Waals surface area contributed by atoms with Crippen molar-refractivity contribution in [3.05, 3.63) is 60.2 Å². The van der Waals surface area contributed by atoms with Gasteiger partial charge in [-0.25, -0.2) is 0 Å². The molecule has 2 heterocycles. The third-order valence-electron chi connectivity index (χ3n) is 4.90. The Labute approximate surface area is 157 Å². The van der Waals surface area contributed by atoms with Gasteiger partial charge < -0.3 is 10.2 Å². The van der Waals surface area contributed by atoms with Crippen molar-refractivity contribution in [1.29, 1.82) is 0 Å². The Kier molecular flexibility index (Phi) is 4.95. The van der Waals surface area contributed by atoms with E-state index >= 15 is 0 Å². The average Bonchev–Trinajstić information content (AvgIpc) is 2.67. The highest BCUT2D eigenvalue weighted by atomic mass is 32.2. The Bertz CT molecular complexity index is 812. The number of thioether (sulfide) groups is 1. The van der Waals surface area contributed by atoms with E-state index in [1.165, 1.54) is 0 Å². The van der Waals surface area contributed by atoms with Gasteiger partial charge in [0.2, 0.25) is 0 Å². The summed E-state index contributed by atoms with van der Waals surface area (Å²) in [6.07, 6.45) is 0. The molecule has 2 aliphatic heterocycles. The molecule has 2 aliphatic rings. The van der Waals surface area contributed by atoms with Crippen LogP contribution in [0.1, 0.15) is 11.6 Å². The zero-order valence-corrected chi connectivity index (χ0v) is 15.3. The highest BCUT2D eigenvalue weighted by Gasteiger charge is 2.34. The molecule has 5 nitrogen and oxygen atoms in total. The fourth-order valence-corrected chi connectivity index (χ4v) is 4.79. The summed E-state index contributed by atoms with van der Waals surface area (Å²) >= 11 is 1.79. The van der Waals surface area contributed by atoms with E-state index < -0.39 is 0 Å². The molecule has 2 aromatic carbocycles. The Morgan fingerprint density at radius 1 is 1.15 bits per heavy atom. The topological polar surface area (TPSA) is 53.9 Å². The van der Waals surface area contributed by atoms with E-state index in [-0.39, 0.29) is 17.9 Å². The van der Waals surface area contributed by atoms with Crippen molar-refractivity contribution in [2.24, 2.45) is 0 Å². The van der Waals surface area contributed by atoms with Gasteiger partial charge in [0.1, 0.15) is 0 Å². The number of carbonyl (C=O) groups is 2. The molecule has 0 bridgehead atoms. The predicted octanol–water partition coefficient (Wildman–Crippen LogP) is 0.881. The molecule has 0 aromatic heterocycles. The first kappa shape index (κ1) is 17.1. The number of amides is 2. The van der Waals surface area contributed by atoms with Gasteiger partial charge in [-0.1, -0.05) is 42.5 Å². The van der Waals surface area contributed by atoms with Crippen LogP contribution < -0.4 is 15.1 Å². The molecule has 134 valence electrons. The highest BCUT2D eigenvalue weighted by Crippen LogP contribution is 2.42. The standard InChI is InChI=1S/C20H21N3O2S/c24-19-12-22(11-10-21-19)13-20(25)23-16-8-4-5-9-18(16)26-14-17(23)15-6-2-1-3-7-15/h1-9,17H,10-14H2,(H,21,24)/p+1/t17-/m0/s1. The molecule has 26 heavy (non-hydrogen) atoms. The van der Waals surface area contributed by atoms with Gasteiger partial charge in [-0.2, -0.15) is 0 Å². The molecule has 2 aromatic rings. The summed E-state index contributed by atoms with van der Waals surface area (Å²) in [5.41, 5.74) is 2.12. The first-order chi connectivity index (χ1) is 12.7. The van der Waals surface area contributed by atoms with E-state index in [1.807, 2.05) is 41.3 Å². The molecular formula is C20H22N3O2S+. The van der Waals surface area contributed by atoms with Crippen molar-refractivity contribution in [3.63, 3.8) is 0 Å². The third kappa shape index (κ3) is 3.48. The van der Waals surface area contributed by atoms with Crippen LogP contribution >= 0.6 is 11.8 Å². The number of hydrogen-bond donors (Lipinski definition) is 2. The number of anilines is 1. The predicted molar refractivity (Wildman–Crippen MR) is 102 cm³/mol. The van der Waals surface area contributed by atoms with Gasteiger partial charge in [-0.3, -0.25) is 14.5 Å². The Hall–Kier alpha value is -2.31. The maximum Gasteiger partial charge on any atom is 0.282 e. The minimum absolute atomic E-state index is 0.0154. The van der Waals surface area contributed by atoms with E-state index in [0.717, 1.165) is 33.3 Å². The quantitative estimate of drug-likeness (QED) is 0.846. The smallest absolute Gasteiger partial charge is 0.282 e. The van der Waals surface area contributed by atoms with Gasteiger partial charge in [-0.05, 0) is 17.7 Å². The normalized spacial score (nSPS) is 22.5. The largest absolute Gasteiger partial charge is 0.346 e.